The van der Waals surface area contributed by atoms with Gasteiger partial charge in [0.15, 0.2) is 4.34 Å². The van der Waals surface area contributed by atoms with Gasteiger partial charge in [-0.25, -0.2) is 4.39 Å². The van der Waals surface area contributed by atoms with Gasteiger partial charge in [0.1, 0.15) is 5.82 Å². The second-order valence-corrected chi connectivity index (χ2v) is 7.42. The molecule has 0 bridgehead atoms. The van der Waals surface area contributed by atoms with E-state index in [0.29, 0.717) is 16.0 Å². The lowest BCUT2D eigenvalue weighted by molar-refractivity contribution is -0.133. The van der Waals surface area contributed by atoms with Crippen LogP contribution in [0.4, 0.5) is 9.52 Å². The normalized spacial score (nSPS) is 10.4. The van der Waals surface area contributed by atoms with Crippen molar-refractivity contribution in [2.24, 2.45) is 0 Å². The molecule has 140 valence electrons. The zero-order chi connectivity index (χ0) is 18.9. The van der Waals surface area contributed by atoms with Crippen LogP contribution in [0.1, 0.15) is 12.5 Å². The first-order chi connectivity index (χ1) is 12.5. The number of benzene rings is 1. The van der Waals surface area contributed by atoms with Crippen LogP contribution in [0.3, 0.4) is 0 Å². The van der Waals surface area contributed by atoms with Crippen LogP contribution in [0, 0.1) is 5.82 Å². The molecule has 26 heavy (non-hydrogen) atoms. The molecule has 0 radical (unpaired) electrons. The van der Waals surface area contributed by atoms with Crippen LogP contribution in [-0.4, -0.2) is 52.8 Å². The van der Waals surface area contributed by atoms with E-state index in [2.05, 4.69) is 20.8 Å². The number of hydrogen-bond acceptors (Lipinski definition) is 7. The Morgan fingerprint density at radius 2 is 2.00 bits per heavy atom. The van der Waals surface area contributed by atoms with E-state index in [-0.39, 0.29) is 36.5 Å². The molecule has 1 aromatic heterocycles. The van der Waals surface area contributed by atoms with Gasteiger partial charge >= 0.3 is 0 Å². The Labute approximate surface area is 159 Å². The maximum atomic E-state index is 12.9. The first-order valence-electron chi connectivity index (χ1n) is 7.94. The number of amides is 2. The smallest absolute Gasteiger partial charge is 0.239 e. The second kappa shape index (κ2) is 10.1. The van der Waals surface area contributed by atoms with Crippen molar-refractivity contribution in [1.82, 2.24) is 20.4 Å². The van der Waals surface area contributed by atoms with Crippen LogP contribution in [0.5, 0.6) is 0 Å². The summed E-state index contributed by atoms with van der Waals surface area (Å²) < 4.78 is 13.6. The van der Waals surface area contributed by atoms with Crippen LogP contribution in [0.15, 0.2) is 28.6 Å². The van der Waals surface area contributed by atoms with E-state index in [9.17, 15) is 14.0 Å². The van der Waals surface area contributed by atoms with Crippen molar-refractivity contribution in [2.45, 2.75) is 17.8 Å². The van der Waals surface area contributed by atoms with Crippen molar-refractivity contribution < 1.29 is 14.0 Å². The van der Waals surface area contributed by atoms with Crippen molar-refractivity contribution in [3.8, 4) is 0 Å². The van der Waals surface area contributed by atoms with Gasteiger partial charge in [-0.3, -0.25) is 9.59 Å². The van der Waals surface area contributed by atoms with Crippen molar-refractivity contribution in [1.29, 1.82) is 0 Å². The van der Waals surface area contributed by atoms with E-state index in [4.69, 9.17) is 0 Å². The fourth-order valence-corrected chi connectivity index (χ4v) is 3.60. The molecule has 0 aliphatic rings. The predicted octanol–water partition coefficient (Wildman–Crippen LogP) is 1.98. The third kappa shape index (κ3) is 6.26. The fraction of sp³-hybridized carbons (Fsp3) is 0.375. The molecule has 2 N–H and O–H groups in total. The standard InChI is InChI=1S/C16H20FN5O2S2/c1-3-22(14(24)10-25-16-21-20-15(18-2)26-16)9-13(23)19-8-11-4-6-12(17)7-5-11/h4-7H,3,8-10H2,1-2H3,(H,18,20)(H,19,23). The number of likely N-dealkylation sites (N-methyl/N-ethyl adjacent to an activating group) is 1. The number of carbonyl (C=O) groups is 2. The number of nitrogens with one attached hydrogen (secondary N) is 2. The lowest BCUT2D eigenvalue weighted by Gasteiger charge is -2.20. The summed E-state index contributed by atoms with van der Waals surface area (Å²) in [7, 11) is 1.75. The second-order valence-electron chi connectivity index (χ2n) is 5.22. The molecular formula is C16H20FN5O2S2. The number of hydrogen-bond donors (Lipinski definition) is 2. The average Bonchev–Trinajstić information content (AvgIpc) is 3.12. The molecule has 2 rings (SSSR count). The third-order valence-corrected chi connectivity index (χ3v) is 5.47. The van der Waals surface area contributed by atoms with Gasteiger partial charge in [0, 0.05) is 20.1 Å². The summed E-state index contributed by atoms with van der Waals surface area (Å²) in [5.74, 6) is -0.534. The van der Waals surface area contributed by atoms with Crippen LogP contribution in [0.25, 0.3) is 0 Å². The first-order valence-corrected chi connectivity index (χ1v) is 9.75. The molecule has 0 saturated carbocycles. The van der Waals surface area contributed by atoms with Crippen LogP contribution in [-0.2, 0) is 16.1 Å². The van der Waals surface area contributed by atoms with Gasteiger partial charge in [-0.05, 0) is 24.6 Å². The van der Waals surface area contributed by atoms with Crippen LogP contribution in [0.2, 0.25) is 0 Å². The lowest BCUT2D eigenvalue weighted by atomic mass is 10.2. The minimum absolute atomic E-state index is 0.0189. The summed E-state index contributed by atoms with van der Waals surface area (Å²) in [5, 5.41) is 14.2. The Hall–Kier alpha value is -2.20. The number of thioether (sulfide) groups is 1. The van der Waals surface area contributed by atoms with Gasteiger partial charge in [-0.15, -0.1) is 10.2 Å². The number of aromatic nitrogens is 2. The van der Waals surface area contributed by atoms with Gasteiger partial charge in [0.05, 0.1) is 12.3 Å². The van der Waals surface area contributed by atoms with Crippen LogP contribution >= 0.6 is 23.1 Å². The van der Waals surface area contributed by atoms with Gasteiger partial charge in [-0.2, -0.15) is 0 Å². The number of carbonyl (C=O) groups excluding carboxylic acids is 2. The molecule has 0 fully saturated rings. The molecule has 7 nitrogen and oxygen atoms in total. The molecule has 0 saturated heterocycles. The maximum Gasteiger partial charge on any atom is 0.239 e. The van der Waals surface area contributed by atoms with Crippen molar-refractivity contribution >= 4 is 40.0 Å². The topological polar surface area (TPSA) is 87.2 Å². The maximum absolute atomic E-state index is 12.9. The molecule has 0 spiro atoms. The van der Waals surface area contributed by atoms with Crippen molar-refractivity contribution in [3.05, 3.63) is 35.6 Å². The van der Waals surface area contributed by atoms with E-state index in [1.165, 1.54) is 40.1 Å². The Balaban J connectivity index is 1.78. The fourth-order valence-electron chi connectivity index (χ4n) is 1.99. The van der Waals surface area contributed by atoms with Gasteiger partial charge < -0.3 is 15.5 Å². The summed E-state index contributed by atoms with van der Waals surface area (Å²) in [6.45, 7) is 2.52. The van der Waals surface area contributed by atoms with E-state index in [0.717, 1.165) is 5.56 Å². The number of anilines is 1. The molecule has 1 aromatic carbocycles. The Morgan fingerprint density at radius 3 is 2.62 bits per heavy atom. The van der Waals surface area contributed by atoms with Gasteiger partial charge in [0.25, 0.3) is 0 Å². The average molecular weight is 398 g/mol. The number of halogens is 1. The summed E-state index contributed by atoms with van der Waals surface area (Å²) in [6, 6.07) is 5.90. The zero-order valence-electron chi connectivity index (χ0n) is 14.5. The Kier molecular flexibility index (Phi) is 7.79. The van der Waals surface area contributed by atoms with Gasteiger partial charge in [0.2, 0.25) is 16.9 Å². The molecule has 0 unspecified atom stereocenters. The molecule has 0 aliphatic heterocycles. The lowest BCUT2D eigenvalue weighted by Crippen LogP contribution is -2.41. The Morgan fingerprint density at radius 1 is 1.27 bits per heavy atom. The first kappa shape index (κ1) is 20.1. The number of rotatable bonds is 9. The quantitative estimate of drug-likeness (QED) is 0.629. The van der Waals surface area contributed by atoms with Gasteiger partial charge in [-0.1, -0.05) is 35.2 Å². The third-order valence-electron chi connectivity index (χ3n) is 3.41. The Bertz CT molecular complexity index is 738. The molecule has 0 aliphatic carbocycles. The van der Waals surface area contributed by atoms with Crippen LogP contribution < -0.4 is 10.6 Å². The molecular weight excluding hydrogens is 377 g/mol. The van der Waals surface area contributed by atoms with Crippen molar-refractivity contribution in [3.63, 3.8) is 0 Å². The molecule has 10 heteroatoms. The molecule has 1 heterocycles. The highest BCUT2D eigenvalue weighted by Gasteiger charge is 2.16. The highest BCUT2D eigenvalue weighted by atomic mass is 32.2. The minimum atomic E-state index is -0.322. The SMILES string of the molecule is CCN(CC(=O)NCc1ccc(F)cc1)C(=O)CSc1nnc(NC)s1. The monoisotopic (exact) mass is 397 g/mol. The molecule has 2 aromatic rings. The summed E-state index contributed by atoms with van der Waals surface area (Å²) in [6.07, 6.45) is 0. The number of nitrogens with zero attached hydrogens (tertiary/aromatic N) is 3. The van der Waals surface area contributed by atoms with E-state index >= 15 is 0 Å². The van der Waals surface area contributed by atoms with E-state index < -0.39 is 0 Å². The zero-order valence-corrected chi connectivity index (χ0v) is 16.1. The minimum Gasteiger partial charge on any atom is -0.363 e. The summed E-state index contributed by atoms with van der Waals surface area (Å²) in [4.78, 5) is 25.8. The molecule has 0 atom stereocenters. The molecule has 2 amide bonds. The highest BCUT2D eigenvalue weighted by Crippen LogP contribution is 2.25. The van der Waals surface area contributed by atoms with E-state index in [1.807, 2.05) is 6.92 Å². The van der Waals surface area contributed by atoms with E-state index in [1.54, 1.807) is 19.2 Å². The predicted molar refractivity (Wildman–Crippen MR) is 101 cm³/mol. The largest absolute Gasteiger partial charge is 0.363 e. The summed E-state index contributed by atoms with van der Waals surface area (Å²) in [5.41, 5.74) is 0.793. The van der Waals surface area contributed by atoms with Crippen molar-refractivity contribution in [2.75, 3.05) is 31.2 Å². The highest BCUT2D eigenvalue weighted by molar-refractivity contribution is 8.01. The summed E-state index contributed by atoms with van der Waals surface area (Å²) >= 11 is 2.66.